The number of para-hydroxylation sites is 1. The van der Waals surface area contributed by atoms with E-state index in [1.807, 2.05) is 55.7 Å². The van der Waals surface area contributed by atoms with E-state index in [1.54, 1.807) is 11.8 Å². The van der Waals surface area contributed by atoms with Gasteiger partial charge in [-0.1, -0.05) is 30.3 Å². The third-order valence-electron chi connectivity index (χ3n) is 3.40. The van der Waals surface area contributed by atoms with Crippen LogP contribution in [0.15, 0.2) is 63.3 Å². The van der Waals surface area contributed by atoms with E-state index in [0.717, 1.165) is 16.8 Å². The van der Waals surface area contributed by atoms with Gasteiger partial charge in [0.15, 0.2) is 5.17 Å². The molecule has 1 aliphatic rings. The highest BCUT2D eigenvalue weighted by atomic mass is 32.2. The van der Waals surface area contributed by atoms with E-state index in [4.69, 9.17) is 0 Å². The Balaban J connectivity index is 1.82. The topological polar surface area (TPSA) is 41.5 Å². The van der Waals surface area contributed by atoms with Crippen LogP contribution in [0.25, 0.3) is 6.08 Å². The number of hydrogen-bond acceptors (Lipinski definition) is 4. The van der Waals surface area contributed by atoms with Crippen LogP contribution < -0.4 is 5.32 Å². The fraction of sp³-hybridized carbons (Fsp3) is 0.111. The fourth-order valence-corrected chi connectivity index (χ4v) is 3.37. The van der Waals surface area contributed by atoms with Crippen LogP contribution in [0.4, 0.5) is 5.69 Å². The molecule has 5 heteroatoms. The van der Waals surface area contributed by atoms with Crippen molar-refractivity contribution < 1.29 is 4.79 Å². The van der Waals surface area contributed by atoms with E-state index in [1.165, 1.54) is 16.7 Å². The zero-order valence-corrected chi connectivity index (χ0v) is 14.5. The van der Waals surface area contributed by atoms with Gasteiger partial charge in [0.25, 0.3) is 5.91 Å². The summed E-state index contributed by atoms with van der Waals surface area (Å²) in [5.41, 5.74) is 2.97. The maximum Gasteiger partial charge on any atom is 0.264 e. The standard InChI is InChI=1S/C18H16N2OS2/c1-12-5-3-4-6-15(12)19-18-20-17(21)16(23-18)11-13-7-9-14(22-2)10-8-13/h3-11H,1-2H3,(H,19,20,21). The van der Waals surface area contributed by atoms with Gasteiger partial charge < -0.3 is 5.32 Å². The van der Waals surface area contributed by atoms with Crippen molar-refractivity contribution in [3.8, 4) is 0 Å². The predicted octanol–water partition coefficient (Wildman–Crippen LogP) is 4.61. The van der Waals surface area contributed by atoms with E-state index in [9.17, 15) is 4.79 Å². The molecule has 0 aromatic heterocycles. The van der Waals surface area contributed by atoms with Gasteiger partial charge in [-0.2, -0.15) is 0 Å². The molecule has 1 saturated heterocycles. The van der Waals surface area contributed by atoms with Crippen LogP contribution in [0.1, 0.15) is 11.1 Å². The summed E-state index contributed by atoms with van der Waals surface area (Å²) in [5.74, 6) is -0.101. The lowest BCUT2D eigenvalue weighted by Gasteiger charge is -1.99. The molecule has 2 aromatic rings. The van der Waals surface area contributed by atoms with Gasteiger partial charge in [0.2, 0.25) is 0 Å². The highest BCUT2D eigenvalue weighted by Crippen LogP contribution is 2.29. The molecule has 0 spiro atoms. The molecule has 0 bridgehead atoms. The molecule has 0 saturated carbocycles. The Hall–Kier alpha value is -1.98. The second-order valence-corrected chi connectivity index (χ2v) is 6.95. The highest BCUT2D eigenvalue weighted by Gasteiger charge is 2.23. The molecule has 116 valence electrons. The number of carbonyl (C=O) groups is 1. The van der Waals surface area contributed by atoms with Crippen LogP contribution in [0.2, 0.25) is 0 Å². The minimum Gasteiger partial charge on any atom is -0.300 e. The van der Waals surface area contributed by atoms with Crippen LogP contribution in [-0.4, -0.2) is 17.3 Å². The second kappa shape index (κ2) is 7.06. The van der Waals surface area contributed by atoms with E-state index < -0.39 is 0 Å². The Morgan fingerprint density at radius 3 is 2.57 bits per heavy atom. The summed E-state index contributed by atoms with van der Waals surface area (Å²) in [6, 6.07) is 16.0. The van der Waals surface area contributed by atoms with Gasteiger partial charge in [-0.25, -0.2) is 4.99 Å². The average molecular weight is 340 g/mol. The average Bonchev–Trinajstić information content (AvgIpc) is 2.90. The summed E-state index contributed by atoms with van der Waals surface area (Å²) in [6.45, 7) is 2.00. The lowest BCUT2D eigenvalue weighted by atomic mass is 10.2. The molecular formula is C18H16N2OS2. The fourth-order valence-electron chi connectivity index (χ4n) is 2.13. The number of carbonyl (C=O) groups excluding carboxylic acids is 1. The Morgan fingerprint density at radius 2 is 1.87 bits per heavy atom. The van der Waals surface area contributed by atoms with Crippen molar-refractivity contribution in [1.82, 2.24) is 5.32 Å². The van der Waals surface area contributed by atoms with Gasteiger partial charge in [-0.15, -0.1) is 11.8 Å². The minimum absolute atomic E-state index is 0.101. The molecule has 1 N–H and O–H groups in total. The SMILES string of the molecule is CSc1ccc(C=C2SC(=Nc3ccccc3C)NC2=O)cc1. The molecule has 0 aliphatic carbocycles. The maximum atomic E-state index is 12.1. The van der Waals surface area contributed by atoms with Crippen LogP contribution in [0.5, 0.6) is 0 Å². The van der Waals surface area contributed by atoms with Gasteiger partial charge in [0, 0.05) is 4.90 Å². The van der Waals surface area contributed by atoms with Crippen LogP contribution in [-0.2, 0) is 4.79 Å². The number of nitrogens with zero attached hydrogens (tertiary/aromatic N) is 1. The maximum absolute atomic E-state index is 12.1. The van der Waals surface area contributed by atoms with E-state index in [-0.39, 0.29) is 5.91 Å². The Bertz CT molecular complexity index is 795. The lowest BCUT2D eigenvalue weighted by Crippen LogP contribution is -2.19. The van der Waals surface area contributed by atoms with Crippen LogP contribution in [0.3, 0.4) is 0 Å². The smallest absolute Gasteiger partial charge is 0.264 e. The summed E-state index contributed by atoms with van der Waals surface area (Å²) < 4.78 is 0. The molecule has 1 aliphatic heterocycles. The zero-order chi connectivity index (χ0) is 16.2. The number of hydrogen-bond donors (Lipinski definition) is 1. The number of rotatable bonds is 3. The van der Waals surface area contributed by atoms with Crippen molar-refractivity contribution in [2.45, 2.75) is 11.8 Å². The van der Waals surface area contributed by atoms with Crippen molar-refractivity contribution >= 4 is 46.4 Å². The number of aryl methyl sites for hydroxylation is 1. The largest absolute Gasteiger partial charge is 0.300 e. The Kier molecular flexibility index (Phi) is 4.88. The molecule has 0 atom stereocenters. The van der Waals surface area contributed by atoms with Crippen molar-refractivity contribution in [2.75, 3.05) is 6.26 Å². The summed E-state index contributed by atoms with van der Waals surface area (Å²) in [4.78, 5) is 18.5. The van der Waals surface area contributed by atoms with Crippen LogP contribution in [0, 0.1) is 6.92 Å². The Labute approximate surface area is 144 Å². The molecule has 1 fully saturated rings. The number of thioether (sulfide) groups is 2. The summed E-state index contributed by atoms with van der Waals surface area (Å²) in [6.07, 6.45) is 3.94. The molecule has 2 aromatic carbocycles. The molecule has 0 unspecified atom stereocenters. The molecule has 3 nitrogen and oxygen atoms in total. The third-order valence-corrected chi connectivity index (χ3v) is 5.06. The van der Waals surface area contributed by atoms with Crippen molar-refractivity contribution in [3.05, 3.63) is 64.6 Å². The second-order valence-electron chi connectivity index (χ2n) is 5.04. The van der Waals surface area contributed by atoms with E-state index >= 15 is 0 Å². The molecule has 0 radical (unpaired) electrons. The predicted molar refractivity (Wildman–Crippen MR) is 100 cm³/mol. The number of aliphatic imine (C=N–C) groups is 1. The van der Waals surface area contributed by atoms with Gasteiger partial charge in [0.1, 0.15) is 0 Å². The van der Waals surface area contributed by atoms with E-state index in [0.29, 0.717) is 10.1 Å². The summed E-state index contributed by atoms with van der Waals surface area (Å²) >= 11 is 3.07. The highest BCUT2D eigenvalue weighted by molar-refractivity contribution is 8.18. The molecule has 1 amide bonds. The first-order chi connectivity index (χ1) is 11.2. The minimum atomic E-state index is -0.101. The van der Waals surface area contributed by atoms with Gasteiger partial charge in [0.05, 0.1) is 10.6 Å². The van der Waals surface area contributed by atoms with Crippen LogP contribution >= 0.6 is 23.5 Å². The summed E-state index contributed by atoms with van der Waals surface area (Å²) in [5, 5.41) is 3.45. The van der Waals surface area contributed by atoms with Gasteiger partial charge in [-0.05, 0) is 60.3 Å². The van der Waals surface area contributed by atoms with Gasteiger partial charge in [-0.3, -0.25) is 4.79 Å². The number of benzene rings is 2. The first kappa shape index (κ1) is 15.9. The first-order valence-corrected chi connectivity index (χ1v) is 9.19. The van der Waals surface area contributed by atoms with Crippen molar-refractivity contribution in [1.29, 1.82) is 0 Å². The molecule has 3 rings (SSSR count). The summed E-state index contributed by atoms with van der Waals surface area (Å²) in [7, 11) is 0. The molecular weight excluding hydrogens is 324 g/mol. The van der Waals surface area contributed by atoms with Crippen molar-refractivity contribution in [2.24, 2.45) is 4.99 Å². The van der Waals surface area contributed by atoms with Crippen molar-refractivity contribution in [3.63, 3.8) is 0 Å². The molecule has 23 heavy (non-hydrogen) atoms. The zero-order valence-electron chi connectivity index (χ0n) is 12.9. The third kappa shape index (κ3) is 3.86. The first-order valence-electron chi connectivity index (χ1n) is 7.15. The molecule has 1 heterocycles. The quantitative estimate of drug-likeness (QED) is 0.655. The van der Waals surface area contributed by atoms with E-state index in [2.05, 4.69) is 22.4 Å². The Morgan fingerprint density at radius 1 is 1.13 bits per heavy atom. The lowest BCUT2D eigenvalue weighted by molar-refractivity contribution is -0.115. The monoisotopic (exact) mass is 340 g/mol. The number of nitrogens with one attached hydrogen (secondary N) is 1. The van der Waals surface area contributed by atoms with Gasteiger partial charge >= 0.3 is 0 Å². The normalized spacial score (nSPS) is 17.7. The number of amidine groups is 1. The number of amides is 1.